The fourth-order valence-electron chi connectivity index (χ4n) is 3.06. The molecule has 0 atom stereocenters. The van der Waals surface area contributed by atoms with E-state index in [0.717, 1.165) is 16.9 Å². The molecule has 136 valence electrons. The maximum atomic E-state index is 12.8. The highest BCUT2D eigenvalue weighted by atomic mass is 35.5. The van der Waals surface area contributed by atoms with Gasteiger partial charge in [0, 0.05) is 11.9 Å². The Morgan fingerprint density at radius 1 is 1.15 bits per heavy atom. The average Bonchev–Trinajstić information content (AvgIpc) is 2.69. The van der Waals surface area contributed by atoms with Gasteiger partial charge in [0.05, 0.1) is 22.8 Å². The number of pyridine rings is 1. The van der Waals surface area contributed by atoms with Gasteiger partial charge in [-0.1, -0.05) is 35.4 Å². The van der Waals surface area contributed by atoms with Gasteiger partial charge >= 0.3 is 0 Å². The van der Waals surface area contributed by atoms with Crippen molar-refractivity contribution in [2.75, 3.05) is 23.4 Å². The van der Waals surface area contributed by atoms with E-state index in [-0.39, 0.29) is 5.91 Å². The van der Waals surface area contributed by atoms with E-state index in [1.807, 2.05) is 48.2 Å². The Labute approximate surface area is 162 Å². The number of nitrogens with zero attached hydrogens (tertiary/aromatic N) is 2. The van der Waals surface area contributed by atoms with Crippen LogP contribution in [0, 0.1) is 6.92 Å². The lowest BCUT2D eigenvalue weighted by Gasteiger charge is -2.31. The third-order valence-corrected chi connectivity index (χ3v) is 4.69. The molecular formula is C21H18ClN3O2. The number of ether oxygens (including phenoxy) is 1. The SMILES string of the molecule is Cc1ccc(NC(=O)c2cccc3c2OCCN3c2ncccc2Cl)cc1. The zero-order valence-corrected chi connectivity index (χ0v) is 15.5. The summed E-state index contributed by atoms with van der Waals surface area (Å²) in [6.07, 6.45) is 1.70. The second-order valence-corrected chi connectivity index (χ2v) is 6.69. The van der Waals surface area contributed by atoms with Crippen LogP contribution >= 0.6 is 11.6 Å². The van der Waals surface area contributed by atoms with Gasteiger partial charge < -0.3 is 15.0 Å². The first kappa shape index (κ1) is 17.4. The molecule has 0 unspecified atom stereocenters. The first-order valence-corrected chi connectivity index (χ1v) is 9.03. The summed E-state index contributed by atoms with van der Waals surface area (Å²) < 4.78 is 5.85. The molecule has 2 aromatic carbocycles. The number of fused-ring (bicyclic) bond motifs is 1. The number of benzene rings is 2. The lowest BCUT2D eigenvalue weighted by Crippen LogP contribution is -2.30. The molecule has 0 saturated heterocycles. The molecule has 2 heterocycles. The number of carbonyl (C=O) groups is 1. The molecule has 0 spiro atoms. The van der Waals surface area contributed by atoms with Crippen LogP contribution in [0.25, 0.3) is 0 Å². The maximum Gasteiger partial charge on any atom is 0.259 e. The summed E-state index contributed by atoms with van der Waals surface area (Å²) in [7, 11) is 0. The lowest BCUT2D eigenvalue weighted by molar-refractivity contribution is 0.102. The first-order valence-electron chi connectivity index (χ1n) is 8.65. The zero-order chi connectivity index (χ0) is 18.8. The lowest BCUT2D eigenvalue weighted by atomic mass is 10.1. The molecule has 0 radical (unpaired) electrons. The first-order chi connectivity index (χ1) is 13.1. The van der Waals surface area contributed by atoms with Crippen LogP contribution < -0.4 is 15.0 Å². The Morgan fingerprint density at radius 3 is 2.74 bits per heavy atom. The Morgan fingerprint density at radius 2 is 1.96 bits per heavy atom. The van der Waals surface area contributed by atoms with Crippen LogP contribution in [0.15, 0.2) is 60.8 Å². The topological polar surface area (TPSA) is 54.5 Å². The van der Waals surface area contributed by atoms with Crippen molar-refractivity contribution in [2.45, 2.75) is 6.92 Å². The van der Waals surface area contributed by atoms with E-state index in [2.05, 4.69) is 10.3 Å². The summed E-state index contributed by atoms with van der Waals surface area (Å²) in [6, 6.07) is 16.8. The predicted molar refractivity (Wildman–Crippen MR) is 107 cm³/mol. The molecule has 6 heteroatoms. The number of nitrogens with one attached hydrogen (secondary N) is 1. The molecule has 5 nitrogen and oxygen atoms in total. The van der Waals surface area contributed by atoms with E-state index in [4.69, 9.17) is 16.3 Å². The van der Waals surface area contributed by atoms with Crippen molar-refractivity contribution in [3.8, 4) is 5.75 Å². The van der Waals surface area contributed by atoms with Gasteiger partial charge in [0.15, 0.2) is 11.6 Å². The Hall–Kier alpha value is -3.05. The molecule has 0 aliphatic carbocycles. The van der Waals surface area contributed by atoms with E-state index < -0.39 is 0 Å². The van der Waals surface area contributed by atoms with Crippen molar-refractivity contribution < 1.29 is 9.53 Å². The highest BCUT2D eigenvalue weighted by Crippen LogP contribution is 2.40. The van der Waals surface area contributed by atoms with E-state index in [1.165, 1.54) is 0 Å². The number of aryl methyl sites for hydroxylation is 1. The highest BCUT2D eigenvalue weighted by Gasteiger charge is 2.26. The molecule has 0 fully saturated rings. The highest BCUT2D eigenvalue weighted by molar-refractivity contribution is 6.33. The van der Waals surface area contributed by atoms with E-state index in [1.54, 1.807) is 24.4 Å². The van der Waals surface area contributed by atoms with Crippen molar-refractivity contribution in [2.24, 2.45) is 0 Å². The van der Waals surface area contributed by atoms with Gasteiger partial charge in [0.25, 0.3) is 5.91 Å². The number of anilines is 3. The molecule has 27 heavy (non-hydrogen) atoms. The van der Waals surface area contributed by atoms with Gasteiger partial charge in [-0.15, -0.1) is 0 Å². The summed E-state index contributed by atoms with van der Waals surface area (Å²) in [5.41, 5.74) is 3.13. The van der Waals surface area contributed by atoms with E-state index >= 15 is 0 Å². The standard InChI is InChI=1S/C21H18ClN3O2/c1-14-7-9-15(10-8-14)24-21(26)16-4-2-6-18-19(16)27-13-12-25(18)20-17(22)5-3-11-23-20/h2-11H,12-13H2,1H3,(H,24,26). The van der Waals surface area contributed by atoms with Crippen molar-refractivity contribution in [1.82, 2.24) is 4.98 Å². The van der Waals surface area contributed by atoms with Gasteiger partial charge in [0.2, 0.25) is 0 Å². The van der Waals surface area contributed by atoms with Gasteiger partial charge in [-0.3, -0.25) is 4.79 Å². The van der Waals surface area contributed by atoms with Crippen LogP contribution in [0.3, 0.4) is 0 Å². The van der Waals surface area contributed by atoms with Gasteiger partial charge in [-0.05, 0) is 43.3 Å². The minimum Gasteiger partial charge on any atom is -0.489 e. The number of amides is 1. The van der Waals surface area contributed by atoms with Crippen LogP contribution in [0.5, 0.6) is 5.75 Å². The molecule has 1 aromatic heterocycles. The van der Waals surface area contributed by atoms with Gasteiger partial charge in [-0.25, -0.2) is 4.98 Å². The second kappa shape index (κ2) is 7.29. The maximum absolute atomic E-state index is 12.8. The average molecular weight is 380 g/mol. The van der Waals surface area contributed by atoms with Crippen molar-refractivity contribution >= 4 is 34.7 Å². The minimum absolute atomic E-state index is 0.218. The number of halogens is 1. The predicted octanol–water partition coefficient (Wildman–Crippen LogP) is 4.83. The van der Waals surface area contributed by atoms with Crippen LogP contribution in [-0.2, 0) is 0 Å². The Bertz CT molecular complexity index is 989. The normalized spacial score (nSPS) is 12.9. The molecule has 1 aliphatic rings. The molecular weight excluding hydrogens is 362 g/mol. The monoisotopic (exact) mass is 379 g/mol. The molecule has 1 amide bonds. The van der Waals surface area contributed by atoms with Gasteiger partial charge in [-0.2, -0.15) is 0 Å². The fourth-order valence-corrected chi connectivity index (χ4v) is 3.28. The molecule has 0 bridgehead atoms. The number of aromatic nitrogens is 1. The number of hydrogen-bond acceptors (Lipinski definition) is 4. The minimum atomic E-state index is -0.218. The number of hydrogen-bond donors (Lipinski definition) is 1. The van der Waals surface area contributed by atoms with Crippen molar-refractivity contribution in [3.63, 3.8) is 0 Å². The second-order valence-electron chi connectivity index (χ2n) is 6.28. The molecule has 3 aromatic rings. The summed E-state index contributed by atoms with van der Waals surface area (Å²) in [6.45, 7) is 3.05. The zero-order valence-electron chi connectivity index (χ0n) is 14.8. The number of para-hydroxylation sites is 1. The Balaban J connectivity index is 1.68. The number of rotatable bonds is 3. The van der Waals surface area contributed by atoms with E-state index in [0.29, 0.717) is 35.3 Å². The third kappa shape index (κ3) is 3.46. The summed E-state index contributed by atoms with van der Waals surface area (Å²) in [5.74, 6) is 0.972. The summed E-state index contributed by atoms with van der Waals surface area (Å²) in [4.78, 5) is 19.2. The largest absolute Gasteiger partial charge is 0.489 e. The number of carbonyl (C=O) groups excluding carboxylic acids is 1. The summed E-state index contributed by atoms with van der Waals surface area (Å²) >= 11 is 6.32. The molecule has 0 saturated carbocycles. The molecule has 1 aliphatic heterocycles. The van der Waals surface area contributed by atoms with E-state index in [9.17, 15) is 4.79 Å². The van der Waals surface area contributed by atoms with Crippen LogP contribution in [0.4, 0.5) is 17.2 Å². The molecule has 1 N–H and O–H groups in total. The van der Waals surface area contributed by atoms with Crippen molar-refractivity contribution in [1.29, 1.82) is 0 Å². The smallest absolute Gasteiger partial charge is 0.259 e. The van der Waals surface area contributed by atoms with Gasteiger partial charge in [0.1, 0.15) is 6.61 Å². The molecule has 4 rings (SSSR count). The third-order valence-electron chi connectivity index (χ3n) is 4.40. The van der Waals surface area contributed by atoms with Crippen molar-refractivity contribution in [3.05, 3.63) is 76.9 Å². The van der Waals surface area contributed by atoms with Crippen LogP contribution in [0.2, 0.25) is 5.02 Å². The Kier molecular flexibility index (Phi) is 4.69. The van der Waals surface area contributed by atoms with Crippen LogP contribution in [-0.4, -0.2) is 24.0 Å². The van der Waals surface area contributed by atoms with Crippen LogP contribution in [0.1, 0.15) is 15.9 Å². The quantitative estimate of drug-likeness (QED) is 0.708. The summed E-state index contributed by atoms with van der Waals surface area (Å²) in [5, 5.41) is 3.48. The fraction of sp³-hybridized carbons (Fsp3) is 0.143.